The fourth-order valence-corrected chi connectivity index (χ4v) is 2.08. The maximum absolute atomic E-state index is 10.7. The molecule has 0 amide bonds. The molecule has 0 aliphatic heterocycles. The molecule has 0 N–H and O–H groups in total. The van der Waals surface area contributed by atoms with Crippen LogP contribution in [0.3, 0.4) is 0 Å². The Kier molecular flexibility index (Phi) is 2.31. The molecular formula is C11H7IO. The molecule has 0 heterocycles. The van der Waals surface area contributed by atoms with Gasteiger partial charge in [0.15, 0.2) is 6.29 Å². The predicted octanol–water partition coefficient (Wildman–Crippen LogP) is 3.26. The molecule has 0 saturated carbocycles. The van der Waals surface area contributed by atoms with E-state index in [1.54, 1.807) is 0 Å². The van der Waals surface area contributed by atoms with Crippen molar-refractivity contribution in [2.24, 2.45) is 0 Å². The third-order valence-electron chi connectivity index (χ3n) is 2.03. The van der Waals surface area contributed by atoms with Crippen molar-refractivity contribution in [3.05, 3.63) is 45.5 Å². The summed E-state index contributed by atoms with van der Waals surface area (Å²) in [6.07, 6.45) is 0.901. The summed E-state index contributed by atoms with van der Waals surface area (Å²) in [4.78, 5) is 10.7. The SMILES string of the molecule is O=Cc1cccc2c(I)cccc12. The highest BCUT2D eigenvalue weighted by atomic mass is 127. The van der Waals surface area contributed by atoms with Crippen molar-refractivity contribution in [2.45, 2.75) is 0 Å². The third kappa shape index (κ3) is 1.46. The molecule has 0 bridgehead atoms. The molecule has 0 unspecified atom stereocenters. The van der Waals surface area contributed by atoms with E-state index in [2.05, 4.69) is 22.6 Å². The molecule has 13 heavy (non-hydrogen) atoms. The number of hydrogen-bond donors (Lipinski definition) is 0. The van der Waals surface area contributed by atoms with Gasteiger partial charge in [-0.1, -0.05) is 30.3 Å². The lowest BCUT2D eigenvalue weighted by atomic mass is 10.1. The average Bonchev–Trinajstić information content (AvgIpc) is 2.18. The Labute approximate surface area is 89.9 Å². The molecule has 1 nitrogen and oxygen atoms in total. The average molecular weight is 282 g/mol. The van der Waals surface area contributed by atoms with Gasteiger partial charge in [-0.05, 0) is 39.4 Å². The molecule has 0 aliphatic carbocycles. The maximum atomic E-state index is 10.7. The molecule has 0 radical (unpaired) electrons. The molecule has 0 atom stereocenters. The molecule has 0 saturated heterocycles. The van der Waals surface area contributed by atoms with E-state index in [0.717, 1.165) is 22.6 Å². The van der Waals surface area contributed by atoms with E-state index in [1.807, 2.05) is 36.4 Å². The monoisotopic (exact) mass is 282 g/mol. The van der Waals surface area contributed by atoms with Gasteiger partial charge in [-0.15, -0.1) is 0 Å². The zero-order chi connectivity index (χ0) is 9.26. The Morgan fingerprint density at radius 3 is 2.46 bits per heavy atom. The van der Waals surface area contributed by atoms with Crippen LogP contribution in [0.4, 0.5) is 0 Å². The zero-order valence-electron chi connectivity index (χ0n) is 6.83. The van der Waals surface area contributed by atoms with Gasteiger partial charge in [-0.25, -0.2) is 0 Å². The zero-order valence-corrected chi connectivity index (χ0v) is 8.99. The summed E-state index contributed by atoms with van der Waals surface area (Å²) in [6.45, 7) is 0. The van der Waals surface area contributed by atoms with E-state index in [1.165, 1.54) is 3.57 Å². The molecule has 0 fully saturated rings. The molecule has 0 aromatic heterocycles. The second kappa shape index (κ2) is 3.46. The molecule has 0 spiro atoms. The van der Waals surface area contributed by atoms with Gasteiger partial charge >= 0.3 is 0 Å². The van der Waals surface area contributed by atoms with Crippen molar-refractivity contribution < 1.29 is 4.79 Å². The fourth-order valence-electron chi connectivity index (χ4n) is 1.40. The fraction of sp³-hybridized carbons (Fsp3) is 0. The molecule has 0 aliphatic rings. The summed E-state index contributed by atoms with van der Waals surface area (Å²) >= 11 is 2.28. The number of benzene rings is 2. The number of rotatable bonds is 1. The molecular weight excluding hydrogens is 275 g/mol. The van der Waals surface area contributed by atoms with Crippen LogP contribution in [0.1, 0.15) is 10.4 Å². The smallest absolute Gasteiger partial charge is 0.150 e. The van der Waals surface area contributed by atoms with Crippen LogP contribution >= 0.6 is 22.6 Å². The topological polar surface area (TPSA) is 17.1 Å². The predicted molar refractivity (Wildman–Crippen MR) is 62.1 cm³/mol. The third-order valence-corrected chi connectivity index (χ3v) is 2.97. The summed E-state index contributed by atoms with van der Waals surface area (Å²) < 4.78 is 1.18. The Hall–Kier alpha value is -0.900. The Bertz CT molecular complexity index is 463. The molecule has 2 rings (SSSR count). The van der Waals surface area contributed by atoms with Crippen LogP contribution in [0.25, 0.3) is 10.8 Å². The van der Waals surface area contributed by atoms with Crippen LogP contribution in [0.2, 0.25) is 0 Å². The Morgan fingerprint density at radius 1 is 1.00 bits per heavy atom. The highest BCUT2D eigenvalue weighted by Crippen LogP contribution is 2.22. The largest absolute Gasteiger partial charge is 0.298 e. The number of aldehydes is 1. The second-order valence-electron chi connectivity index (χ2n) is 2.80. The first-order valence-electron chi connectivity index (χ1n) is 3.95. The minimum absolute atomic E-state index is 0.760. The standard InChI is InChI=1S/C11H7IO/c12-11-6-2-4-9-8(7-13)3-1-5-10(9)11/h1-7H. The molecule has 2 aromatic rings. The Morgan fingerprint density at radius 2 is 1.69 bits per heavy atom. The van der Waals surface area contributed by atoms with Crippen LogP contribution in [-0.2, 0) is 0 Å². The molecule has 2 heteroatoms. The van der Waals surface area contributed by atoms with Gasteiger partial charge in [0.1, 0.15) is 0 Å². The first-order chi connectivity index (χ1) is 6.33. The van der Waals surface area contributed by atoms with Gasteiger partial charge in [0.05, 0.1) is 0 Å². The second-order valence-corrected chi connectivity index (χ2v) is 3.96. The van der Waals surface area contributed by atoms with Gasteiger partial charge in [0, 0.05) is 9.13 Å². The van der Waals surface area contributed by atoms with Crippen LogP contribution in [0.15, 0.2) is 36.4 Å². The van der Waals surface area contributed by atoms with Crippen LogP contribution in [0, 0.1) is 3.57 Å². The van der Waals surface area contributed by atoms with Crippen molar-refractivity contribution in [1.82, 2.24) is 0 Å². The minimum Gasteiger partial charge on any atom is -0.298 e. The first-order valence-corrected chi connectivity index (χ1v) is 5.03. The summed E-state index contributed by atoms with van der Waals surface area (Å²) in [5.41, 5.74) is 0.760. The van der Waals surface area contributed by atoms with E-state index >= 15 is 0 Å². The van der Waals surface area contributed by atoms with Gasteiger partial charge in [0.2, 0.25) is 0 Å². The summed E-state index contributed by atoms with van der Waals surface area (Å²) in [5.74, 6) is 0. The number of carbonyl (C=O) groups excluding carboxylic acids is 1. The van der Waals surface area contributed by atoms with E-state index in [9.17, 15) is 4.79 Å². The first kappa shape index (κ1) is 8.69. The van der Waals surface area contributed by atoms with Crippen molar-refractivity contribution in [3.63, 3.8) is 0 Å². The molecule has 64 valence electrons. The van der Waals surface area contributed by atoms with E-state index in [4.69, 9.17) is 0 Å². The van der Waals surface area contributed by atoms with Gasteiger partial charge in [-0.3, -0.25) is 4.79 Å². The summed E-state index contributed by atoms with van der Waals surface area (Å²) in [7, 11) is 0. The van der Waals surface area contributed by atoms with Crippen molar-refractivity contribution in [1.29, 1.82) is 0 Å². The van der Waals surface area contributed by atoms with E-state index in [-0.39, 0.29) is 0 Å². The van der Waals surface area contributed by atoms with Gasteiger partial charge in [-0.2, -0.15) is 0 Å². The van der Waals surface area contributed by atoms with Gasteiger partial charge in [0.25, 0.3) is 0 Å². The summed E-state index contributed by atoms with van der Waals surface area (Å²) in [6, 6.07) is 11.8. The van der Waals surface area contributed by atoms with Gasteiger partial charge < -0.3 is 0 Å². The van der Waals surface area contributed by atoms with Crippen LogP contribution < -0.4 is 0 Å². The number of carbonyl (C=O) groups is 1. The number of halogens is 1. The van der Waals surface area contributed by atoms with Crippen molar-refractivity contribution in [2.75, 3.05) is 0 Å². The van der Waals surface area contributed by atoms with Crippen molar-refractivity contribution in [3.8, 4) is 0 Å². The normalized spacial score (nSPS) is 10.2. The number of hydrogen-bond acceptors (Lipinski definition) is 1. The Balaban J connectivity index is 2.92. The lowest BCUT2D eigenvalue weighted by molar-refractivity contribution is 0.112. The quantitative estimate of drug-likeness (QED) is 0.579. The highest BCUT2D eigenvalue weighted by molar-refractivity contribution is 14.1. The van der Waals surface area contributed by atoms with Crippen molar-refractivity contribution >= 4 is 39.6 Å². The summed E-state index contributed by atoms with van der Waals surface area (Å²) in [5, 5.41) is 2.18. The lowest BCUT2D eigenvalue weighted by Gasteiger charge is -2.01. The van der Waals surface area contributed by atoms with Crippen LogP contribution in [0.5, 0.6) is 0 Å². The minimum atomic E-state index is 0.760. The van der Waals surface area contributed by atoms with Crippen LogP contribution in [-0.4, -0.2) is 6.29 Å². The lowest BCUT2D eigenvalue weighted by Crippen LogP contribution is -1.84. The highest BCUT2D eigenvalue weighted by Gasteiger charge is 2.00. The number of fused-ring (bicyclic) bond motifs is 1. The maximum Gasteiger partial charge on any atom is 0.150 e. The van der Waals surface area contributed by atoms with E-state index in [0.29, 0.717) is 0 Å². The molecule has 2 aromatic carbocycles. The van der Waals surface area contributed by atoms with E-state index < -0.39 is 0 Å².